The number of carboxylic acids is 2. The topological polar surface area (TPSA) is 94.9 Å². The third kappa shape index (κ3) is 9.55. The van der Waals surface area contributed by atoms with Crippen molar-refractivity contribution in [3.63, 3.8) is 0 Å². The lowest BCUT2D eigenvalue weighted by atomic mass is 10.1. The molecular formula is C14H17NO5. The van der Waals surface area contributed by atoms with E-state index < -0.39 is 11.9 Å². The van der Waals surface area contributed by atoms with Gasteiger partial charge in [0.15, 0.2) is 5.78 Å². The van der Waals surface area contributed by atoms with E-state index in [0.717, 1.165) is 5.56 Å². The van der Waals surface area contributed by atoms with E-state index in [-0.39, 0.29) is 5.78 Å². The minimum absolute atomic E-state index is 0.167. The largest absolute Gasteiger partial charge is 0.478 e. The summed E-state index contributed by atoms with van der Waals surface area (Å²) in [6.45, 7) is 0.476. The van der Waals surface area contributed by atoms with Crippen molar-refractivity contribution in [1.82, 2.24) is 4.90 Å². The number of likely N-dealkylation sites (N-methyl/N-ethyl adjacent to an activating group) is 1. The molecule has 1 aromatic carbocycles. The minimum atomic E-state index is -1.26. The molecule has 1 rings (SSSR count). The molecule has 20 heavy (non-hydrogen) atoms. The molecule has 0 bridgehead atoms. The molecule has 2 N–H and O–H groups in total. The summed E-state index contributed by atoms with van der Waals surface area (Å²) in [5.41, 5.74) is 0.784. The zero-order chi connectivity index (χ0) is 15.5. The van der Waals surface area contributed by atoms with Gasteiger partial charge >= 0.3 is 11.9 Å². The van der Waals surface area contributed by atoms with Crippen molar-refractivity contribution in [3.8, 4) is 0 Å². The zero-order valence-corrected chi connectivity index (χ0v) is 11.3. The first-order chi connectivity index (χ1) is 9.32. The normalized spacial score (nSPS) is 9.95. The number of aliphatic carboxylic acids is 2. The van der Waals surface area contributed by atoms with Crippen molar-refractivity contribution in [2.75, 3.05) is 20.6 Å². The predicted octanol–water partition coefficient (Wildman–Crippen LogP) is 1.14. The lowest BCUT2D eigenvalue weighted by Gasteiger charge is -2.07. The summed E-state index contributed by atoms with van der Waals surface area (Å²) in [5.74, 6) is -2.35. The maximum Gasteiger partial charge on any atom is 0.328 e. The Labute approximate surface area is 117 Å². The number of carbonyl (C=O) groups excluding carboxylic acids is 1. The standard InChI is InChI=1S/C10H13NO.C4H4O4/c1-11(2)8-10(12)9-6-4-3-5-7-9;5-3(6)1-2-4(7)8/h3-7H,8H2,1-2H3;1-2H,(H,5,6)(H,7,8)/b;2-1-. The van der Waals surface area contributed by atoms with Crippen LogP contribution in [0.1, 0.15) is 10.4 Å². The number of carbonyl (C=O) groups is 3. The van der Waals surface area contributed by atoms with Gasteiger partial charge in [0.25, 0.3) is 0 Å². The average Bonchev–Trinajstić information content (AvgIpc) is 2.37. The molecule has 0 saturated carbocycles. The third-order valence-corrected chi connectivity index (χ3v) is 1.92. The molecule has 0 aliphatic heterocycles. The van der Waals surface area contributed by atoms with Gasteiger partial charge in [0.05, 0.1) is 6.54 Å². The molecule has 0 unspecified atom stereocenters. The van der Waals surface area contributed by atoms with Gasteiger partial charge in [0, 0.05) is 17.7 Å². The lowest BCUT2D eigenvalue weighted by Crippen LogP contribution is -2.21. The second kappa shape index (κ2) is 9.46. The summed E-state index contributed by atoms with van der Waals surface area (Å²) in [4.78, 5) is 32.4. The van der Waals surface area contributed by atoms with Crippen LogP contribution in [0, 0.1) is 0 Å². The Morgan fingerprint density at radius 1 is 1.00 bits per heavy atom. The summed E-state index contributed by atoms with van der Waals surface area (Å²) >= 11 is 0. The molecule has 0 spiro atoms. The molecule has 6 nitrogen and oxygen atoms in total. The molecule has 0 aliphatic rings. The first kappa shape index (κ1) is 17.5. The van der Waals surface area contributed by atoms with Crippen molar-refractivity contribution in [2.24, 2.45) is 0 Å². The van der Waals surface area contributed by atoms with Gasteiger partial charge in [-0.1, -0.05) is 30.3 Å². The Bertz CT molecular complexity index is 464. The van der Waals surface area contributed by atoms with Gasteiger partial charge in [0.1, 0.15) is 0 Å². The molecule has 1 aromatic rings. The van der Waals surface area contributed by atoms with Gasteiger partial charge in [-0.05, 0) is 14.1 Å². The van der Waals surface area contributed by atoms with Crippen LogP contribution in [0.4, 0.5) is 0 Å². The van der Waals surface area contributed by atoms with Crippen molar-refractivity contribution in [1.29, 1.82) is 0 Å². The fourth-order valence-corrected chi connectivity index (χ4v) is 1.15. The van der Waals surface area contributed by atoms with Gasteiger partial charge in [-0.25, -0.2) is 9.59 Å². The number of ketones is 1. The maximum atomic E-state index is 11.4. The van der Waals surface area contributed by atoms with Crippen LogP contribution in [0.25, 0.3) is 0 Å². The van der Waals surface area contributed by atoms with Crippen LogP contribution < -0.4 is 0 Å². The summed E-state index contributed by atoms with van der Waals surface area (Å²) in [6, 6.07) is 9.34. The Hall–Kier alpha value is -2.47. The SMILES string of the molecule is CN(C)CC(=O)c1ccccc1.O=C(O)/C=C\C(=O)O. The molecule has 108 valence electrons. The van der Waals surface area contributed by atoms with E-state index in [1.807, 2.05) is 49.3 Å². The summed E-state index contributed by atoms with van der Waals surface area (Å²) in [7, 11) is 3.78. The smallest absolute Gasteiger partial charge is 0.328 e. The predicted molar refractivity (Wildman–Crippen MR) is 73.7 cm³/mol. The van der Waals surface area contributed by atoms with Crippen LogP contribution in [-0.2, 0) is 9.59 Å². The molecule has 0 aliphatic carbocycles. The highest BCUT2D eigenvalue weighted by atomic mass is 16.4. The summed E-state index contributed by atoms with van der Waals surface area (Å²) in [6.07, 6.45) is 1.12. The van der Waals surface area contributed by atoms with Gasteiger partial charge in [-0.15, -0.1) is 0 Å². The quantitative estimate of drug-likeness (QED) is 0.620. The molecule has 0 radical (unpaired) electrons. The van der Waals surface area contributed by atoms with E-state index >= 15 is 0 Å². The number of Topliss-reactive ketones (excluding diaryl/α,β-unsaturated/α-hetero) is 1. The molecular weight excluding hydrogens is 262 g/mol. The van der Waals surface area contributed by atoms with Crippen LogP contribution in [0.5, 0.6) is 0 Å². The highest BCUT2D eigenvalue weighted by Crippen LogP contribution is 1.99. The van der Waals surface area contributed by atoms with Gasteiger partial charge in [-0.2, -0.15) is 0 Å². The van der Waals surface area contributed by atoms with E-state index in [1.54, 1.807) is 0 Å². The number of benzene rings is 1. The molecule has 0 amide bonds. The van der Waals surface area contributed by atoms with Crippen molar-refractivity contribution >= 4 is 17.7 Å². The average molecular weight is 279 g/mol. The number of hydrogen-bond acceptors (Lipinski definition) is 4. The number of nitrogens with zero attached hydrogens (tertiary/aromatic N) is 1. The van der Waals surface area contributed by atoms with Crippen LogP contribution in [0.2, 0.25) is 0 Å². The van der Waals surface area contributed by atoms with Gasteiger partial charge in [0.2, 0.25) is 0 Å². The van der Waals surface area contributed by atoms with Gasteiger partial charge in [-0.3, -0.25) is 4.79 Å². The van der Waals surface area contributed by atoms with Crippen molar-refractivity contribution in [3.05, 3.63) is 48.0 Å². The molecule has 6 heteroatoms. The van der Waals surface area contributed by atoms with E-state index in [1.165, 1.54) is 0 Å². The number of hydrogen-bond donors (Lipinski definition) is 2. The number of carboxylic acid groups (broad SMARTS) is 2. The maximum absolute atomic E-state index is 11.4. The second-order valence-electron chi connectivity index (χ2n) is 4.04. The Kier molecular flexibility index (Phi) is 8.29. The first-order valence-corrected chi connectivity index (χ1v) is 5.70. The Balaban J connectivity index is 0.000000396. The van der Waals surface area contributed by atoms with Crippen LogP contribution in [0.15, 0.2) is 42.5 Å². The van der Waals surface area contributed by atoms with Crippen LogP contribution >= 0.6 is 0 Å². The van der Waals surface area contributed by atoms with Crippen LogP contribution in [0.3, 0.4) is 0 Å². The number of rotatable bonds is 5. The molecule has 0 heterocycles. The molecule has 0 saturated heterocycles. The fourth-order valence-electron chi connectivity index (χ4n) is 1.15. The third-order valence-electron chi connectivity index (χ3n) is 1.92. The molecule has 0 atom stereocenters. The van der Waals surface area contributed by atoms with E-state index in [4.69, 9.17) is 10.2 Å². The first-order valence-electron chi connectivity index (χ1n) is 5.70. The lowest BCUT2D eigenvalue weighted by molar-refractivity contribution is -0.134. The van der Waals surface area contributed by atoms with E-state index in [2.05, 4.69) is 0 Å². The van der Waals surface area contributed by atoms with Crippen LogP contribution in [-0.4, -0.2) is 53.5 Å². The minimum Gasteiger partial charge on any atom is -0.478 e. The fraction of sp³-hybridized carbons (Fsp3) is 0.214. The second-order valence-corrected chi connectivity index (χ2v) is 4.04. The monoisotopic (exact) mass is 279 g/mol. The van der Waals surface area contributed by atoms with Crippen molar-refractivity contribution in [2.45, 2.75) is 0 Å². The molecule has 0 fully saturated rings. The summed E-state index contributed by atoms with van der Waals surface area (Å²) < 4.78 is 0. The molecule has 0 aromatic heterocycles. The van der Waals surface area contributed by atoms with E-state index in [0.29, 0.717) is 18.7 Å². The Morgan fingerprint density at radius 3 is 1.80 bits per heavy atom. The van der Waals surface area contributed by atoms with Gasteiger partial charge < -0.3 is 15.1 Å². The summed E-state index contributed by atoms with van der Waals surface area (Å²) in [5, 5.41) is 15.6. The van der Waals surface area contributed by atoms with E-state index in [9.17, 15) is 14.4 Å². The van der Waals surface area contributed by atoms with Crippen molar-refractivity contribution < 1.29 is 24.6 Å². The highest BCUT2D eigenvalue weighted by Gasteiger charge is 2.04. The zero-order valence-electron chi connectivity index (χ0n) is 11.3. The Morgan fingerprint density at radius 2 is 1.45 bits per heavy atom. The highest BCUT2D eigenvalue weighted by molar-refractivity contribution is 5.97.